The first kappa shape index (κ1) is 37.4. The Balaban J connectivity index is 0.928. The third-order valence-electron chi connectivity index (χ3n) is 15.5. The van der Waals surface area contributed by atoms with Crippen molar-refractivity contribution in [2.24, 2.45) is 52.8 Å². The van der Waals surface area contributed by atoms with Gasteiger partial charge in [-0.15, -0.1) is 0 Å². The summed E-state index contributed by atoms with van der Waals surface area (Å²) in [4.78, 5) is 0. The molecule has 0 unspecified atom stereocenters. The van der Waals surface area contributed by atoms with Gasteiger partial charge < -0.3 is 64.2 Å². The van der Waals surface area contributed by atoms with Crippen LogP contribution in [0.2, 0.25) is 0 Å². The first-order chi connectivity index (χ1) is 24.4. The Labute approximate surface area is 300 Å². The summed E-state index contributed by atoms with van der Waals surface area (Å²) in [5.74, 6) is 4.45. The minimum atomic E-state index is -1.70. The molecule has 8 fully saturated rings. The van der Waals surface area contributed by atoms with E-state index in [2.05, 4.69) is 20.8 Å². The second-order valence-electron chi connectivity index (χ2n) is 18.0. The lowest BCUT2D eigenvalue weighted by Gasteiger charge is -2.59. The number of hydrogen-bond acceptors (Lipinski definition) is 13. The highest BCUT2D eigenvalue weighted by atomic mass is 16.8. The Morgan fingerprint density at radius 2 is 1.39 bits per heavy atom. The molecule has 0 amide bonds. The number of aliphatic hydroxyl groups is 7. The molecule has 292 valence electrons. The molecule has 22 atom stereocenters. The van der Waals surface area contributed by atoms with Crippen LogP contribution in [0.5, 0.6) is 0 Å². The molecule has 4 heterocycles. The Bertz CT molecular complexity index is 1210. The molecule has 13 heteroatoms. The lowest BCUT2D eigenvalue weighted by Crippen LogP contribution is -2.65. The molecule has 4 aliphatic heterocycles. The first-order valence-corrected chi connectivity index (χ1v) is 19.9. The lowest BCUT2D eigenvalue weighted by atomic mass is 9.46. The van der Waals surface area contributed by atoms with Gasteiger partial charge in [-0.1, -0.05) is 20.8 Å². The molecular formula is C38H62O13. The fraction of sp³-hybridized carbons (Fsp3) is 1.00. The van der Waals surface area contributed by atoms with Crippen molar-refractivity contribution in [3.05, 3.63) is 0 Å². The molecule has 7 N–H and O–H groups in total. The van der Waals surface area contributed by atoms with Crippen molar-refractivity contribution in [1.29, 1.82) is 0 Å². The van der Waals surface area contributed by atoms with Gasteiger partial charge in [-0.25, -0.2) is 0 Å². The minimum absolute atomic E-state index is 0.185. The van der Waals surface area contributed by atoms with Crippen LogP contribution in [-0.2, 0) is 28.4 Å². The fourth-order valence-corrected chi connectivity index (χ4v) is 12.7. The summed E-state index contributed by atoms with van der Waals surface area (Å²) in [6.07, 6.45) is -3.67. The van der Waals surface area contributed by atoms with Crippen LogP contribution < -0.4 is 0 Å². The Morgan fingerprint density at radius 3 is 2.10 bits per heavy atom. The average molecular weight is 727 g/mol. The number of fused-ring (bicyclic) bond motifs is 7. The zero-order chi connectivity index (χ0) is 36.0. The zero-order valence-corrected chi connectivity index (χ0v) is 30.3. The quantitative estimate of drug-likeness (QED) is 0.192. The molecule has 0 aromatic heterocycles. The van der Waals surface area contributed by atoms with Gasteiger partial charge in [0.2, 0.25) is 0 Å². The van der Waals surface area contributed by atoms with E-state index in [4.69, 9.17) is 28.4 Å². The Hall–Kier alpha value is -0.520. The highest BCUT2D eigenvalue weighted by molar-refractivity contribution is 5.11. The van der Waals surface area contributed by atoms with Gasteiger partial charge in [0.1, 0.15) is 48.8 Å². The van der Waals surface area contributed by atoms with Crippen LogP contribution in [0.4, 0.5) is 0 Å². The van der Waals surface area contributed by atoms with E-state index in [1.54, 1.807) is 0 Å². The van der Waals surface area contributed by atoms with Crippen molar-refractivity contribution < 1.29 is 64.2 Å². The van der Waals surface area contributed by atoms with E-state index in [-0.39, 0.29) is 17.3 Å². The maximum Gasteiger partial charge on any atom is 0.187 e. The summed E-state index contributed by atoms with van der Waals surface area (Å²) in [5, 5.41) is 72.6. The third kappa shape index (κ3) is 6.17. The van der Waals surface area contributed by atoms with E-state index in [9.17, 15) is 35.7 Å². The molecule has 0 radical (unpaired) electrons. The molecule has 4 aliphatic carbocycles. The minimum Gasteiger partial charge on any atom is -0.394 e. The van der Waals surface area contributed by atoms with Crippen LogP contribution in [0.15, 0.2) is 0 Å². The van der Waals surface area contributed by atoms with Crippen molar-refractivity contribution in [2.75, 3.05) is 19.8 Å². The van der Waals surface area contributed by atoms with Crippen LogP contribution in [0.3, 0.4) is 0 Å². The number of hydrogen-bond donors (Lipinski definition) is 7. The summed E-state index contributed by atoms with van der Waals surface area (Å²) in [7, 11) is 0. The van der Waals surface area contributed by atoms with E-state index in [1.807, 2.05) is 0 Å². The summed E-state index contributed by atoms with van der Waals surface area (Å²) in [6.45, 7) is 6.77. The molecular weight excluding hydrogens is 664 g/mol. The molecule has 51 heavy (non-hydrogen) atoms. The molecule has 8 aliphatic rings. The van der Waals surface area contributed by atoms with Crippen LogP contribution in [0, 0.1) is 52.8 Å². The number of aliphatic hydroxyl groups excluding tert-OH is 7. The first-order valence-electron chi connectivity index (χ1n) is 19.9. The van der Waals surface area contributed by atoms with E-state index >= 15 is 0 Å². The molecule has 13 nitrogen and oxygen atoms in total. The maximum absolute atomic E-state index is 11.1. The van der Waals surface area contributed by atoms with E-state index in [0.717, 1.165) is 45.1 Å². The monoisotopic (exact) mass is 726 g/mol. The van der Waals surface area contributed by atoms with Crippen molar-refractivity contribution in [3.63, 3.8) is 0 Å². The largest absolute Gasteiger partial charge is 0.394 e. The Morgan fingerprint density at radius 1 is 0.686 bits per heavy atom. The van der Waals surface area contributed by atoms with Gasteiger partial charge in [-0.3, -0.25) is 0 Å². The summed E-state index contributed by atoms with van der Waals surface area (Å²) < 4.78 is 37.4. The normalized spacial score (nSPS) is 58.5. The topological polar surface area (TPSA) is 197 Å². The van der Waals surface area contributed by atoms with Crippen molar-refractivity contribution >= 4 is 0 Å². The predicted octanol–water partition coefficient (Wildman–Crippen LogP) is 1.05. The summed E-state index contributed by atoms with van der Waals surface area (Å²) in [6, 6.07) is 0. The van der Waals surface area contributed by atoms with Crippen LogP contribution in [-0.4, -0.2) is 135 Å². The smallest absolute Gasteiger partial charge is 0.187 e. The van der Waals surface area contributed by atoms with E-state index < -0.39 is 74.6 Å². The second kappa shape index (κ2) is 14.2. The highest BCUT2D eigenvalue weighted by Crippen LogP contribution is 2.67. The molecule has 0 bridgehead atoms. The van der Waals surface area contributed by atoms with Gasteiger partial charge in [0.05, 0.1) is 32.0 Å². The van der Waals surface area contributed by atoms with Crippen molar-refractivity contribution in [1.82, 2.24) is 0 Å². The van der Waals surface area contributed by atoms with Crippen LogP contribution >= 0.6 is 0 Å². The predicted molar refractivity (Wildman–Crippen MR) is 178 cm³/mol. The maximum atomic E-state index is 11.1. The van der Waals surface area contributed by atoms with Crippen LogP contribution in [0.25, 0.3) is 0 Å². The van der Waals surface area contributed by atoms with Gasteiger partial charge in [-0.2, -0.15) is 0 Å². The molecule has 0 aromatic rings. The SMILES string of the molecule is C[C@H]1CC[C@@]2(OC1)O[C@H]1C[C@@H]3[C@H](CC[C@H]4[C@H]3CC[C@H]3C[C@@H](O[C@@H]5O[C@H](CO)[C@H](O)[C@H](O)[C@H]5O[C@@H]5O[C@H](CO)[C@@H](O)[C@H](O)[C@H]5O)CC[C@@]34C)[C@H]1[C@@H]2C. The van der Waals surface area contributed by atoms with Gasteiger partial charge in [0.15, 0.2) is 18.4 Å². The van der Waals surface area contributed by atoms with Gasteiger partial charge in [0.25, 0.3) is 0 Å². The second-order valence-corrected chi connectivity index (χ2v) is 18.0. The Kier molecular flexibility index (Phi) is 10.4. The van der Waals surface area contributed by atoms with Crippen molar-refractivity contribution in [3.8, 4) is 0 Å². The molecule has 8 rings (SSSR count). The van der Waals surface area contributed by atoms with E-state index in [1.165, 1.54) is 25.7 Å². The van der Waals surface area contributed by atoms with Gasteiger partial charge in [-0.05, 0) is 105 Å². The molecule has 4 saturated carbocycles. The number of ether oxygens (including phenoxy) is 6. The lowest BCUT2D eigenvalue weighted by molar-refractivity contribution is -0.373. The number of rotatable bonds is 6. The summed E-state index contributed by atoms with van der Waals surface area (Å²) in [5.41, 5.74) is 0.185. The fourth-order valence-electron chi connectivity index (χ4n) is 12.7. The van der Waals surface area contributed by atoms with Crippen LogP contribution in [0.1, 0.15) is 85.0 Å². The molecule has 1 spiro atoms. The average Bonchev–Trinajstić information content (AvgIpc) is 3.62. The van der Waals surface area contributed by atoms with Crippen molar-refractivity contribution in [2.45, 2.75) is 164 Å². The van der Waals surface area contributed by atoms with Gasteiger partial charge in [0, 0.05) is 12.3 Å². The highest BCUT2D eigenvalue weighted by Gasteiger charge is 2.65. The third-order valence-corrected chi connectivity index (χ3v) is 15.5. The molecule has 0 aromatic carbocycles. The molecule has 4 saturated heterocycles. The standard InChI is InChI=1S/C38H62O13/c1-17-8-11-38(46-16-17)18(2)28-22-6-7-24-21(23(22)13-25(28)51-38)5-4-19-12-20(9-10-37(19,24)3)47-36-34(32(44)30(42)27(15-40)49-36)50-35-33(45)31(43)29(41)26(14-39)48-35/h17-36,39-45H,4-16H2,1-3H3/t17-,18-,19-,20-,21-,22-,23-,24-,25-,26+,27+,28+,29+,30-,31-,32-,33+,34+,35-,36+,37-,38+/m0/s1. The zero-order valence-electron chi connectivity index (χ0n) is 30.3. The summed E-state index contributed by atoms with van der Waals surface area (Å²) >= 11 is 0. The van der Waals surface area contributed by atoms with E-state index in [0.29, 0.717) is 53.4 Å². The van der Waals surface area contributed by atoms with Gasteiger partial charge >= 0.3 is 0 Å².